The van der Waals surface area contributed by atoms with Crippen molar-refractivity contribution in [2.24, 2.45) is 0 Å². The van der Waals surface area contributed by atoms with Gasteiger partial charge in [0.2, 0.25) is 7.59 Å². The van der Waals surface area contributed by atoms with E-state index in [-0.39, 0.29) is 11.6 Å². The molecule has 1 aromatic heterocycles. The van der Waals surface area contributed by atoms with Gasteiger partial charge in [0.1, 0.15) is 6.33 Å². The fourth-order valence-electron chi connectivity index (χ4n) is 1.89. The molecule has 1 heterocycles. The topological polar surface area (TPSA) is 38.7 Å². The van der Waals surface area contributed by atoms with Crippen molar-refractivity contribution >= 4 is 81.8 Å². The molecule has 0 fully saturated rings. The molecular formula is C19H13Cl6N3. The van der Waals surface area contributed by atoms with Crippen molar-refractivity contribution in [3.63, 3.8) is 0 Å². The molecule has 0 aliphatic carbocycles. The molecule has 0 saturated heterocycles. The number of hydrogen-bond donors (Lipinski definition) is 0. The smallest absolute Gasteiger partial charge is 0.217 e. The van der Waals surface area contributed by atoms with E-state index in [0.29, 0.717) is 0 Å². The first-order valence-corrected chi connectivity index (χ1v) is 10.0. The number of aromatic nitrogens is 3. The van der Waals surface area contributed by atoms with Crippen LogP contribution in [0, 0.1) is 0 Å². The van der Waals surface area contributed by atoms with Gasteiger partial charge in [0.05, 0.1) is 0 Å². The van der Waals surface area contributed by atoms with Gasteiger partial charge < -0.3 is 0 Å². The molecule has 0 atom stereocenters. The quantitative estimate of drug-likeness (QED) is 0.275. The number of hydrogen-bond acceptors (Lipinski definition) is 3. The van der Waals surface area contributed by atoms with Crippen molar-refractivity contribution in [2.75, 3.05) is 0 Å². The van der Waals surface area contributed by atoms with Gasteiger partial charge in [-0.2, -0.15) is 0 Å². The Labute approximate surface area is 193 Å². The van der Waals surface area contributed by atoms with Crippen LogP contribution in [0.2, 0.25) is 0 Å². The van der Waals surface area contributed by atoms with Crippen LogP contribution in [-0.2, 0) is 7.59 Å². The van der Waals surface area contributed by atoms with Gasteiger partial charge in [0, 0.05) is 0 Å². The van der Waals surface area contributed by atoms with E-state index in [1.54, 1.807) is 0 Å². The second-order valence-electron chi connectivity index (χ2n) is 5.28. The van der Waals surface area contributed by atoms with E-state index in [1.807, 2.05) is 36.4 Å². The minimum Gasteiger partial charge on any atom is -0.217 e. The molecule has 0 aliphatic heterocycles. The first-order chi connectivity index (χ1) is 13.2. The van der Waals surface area contributed by atoms with E-state index in [0.717, 1.165) is 6.33 Å². The molecule has 146 valence electrons. The minimum absolute atomic E-state index is 0.0983. The average molecular weight is 496 g/mol. The number of alkyl halides is 6. The summed E-state index contributed by atoms with van der Waals surface area (Å²) in [5.41, 5.74) is 2.47. The molecule has 28 heavy (non-hydrogen) atoms. The van der Waals surface area contributed by atoms with Crippen molar-refractivity contribution in [3.05, 3.63) is 89.8 Å². The highest BCUT2D eigenvalue weighted by molar-refractivity contribution is 6.67. The highest BCUT2D eigenvalue weighted by atomic mass is 35.6. The Morgan fingerprint density at radius 2 is 0.929 bits per heavy atom. The van der Waals surface area contributed by atoms with Crippen LogP contribution >= 0.6 is 69.6 Å². The molecule has 3 rings (SSSR count). The zero-order chi connectivity index (χ0) is 20.6. The second-order valence-corrected chi connectivity index (χ2v) is 9.85. The molecule has 3 nitrogen and oxygen atoms in total. The number of nitrogens with zero attached hydrogens (tertiary/aromatic N) is 3. The molecule has 2 aromatic carbocycles. The summed E-state index contributed by atoms with van der Waals surface area (Å²) in [6.07, 6.45) is 5.34. The van der Waals surface area contributed by atoms with Gasteiger partial charge in [-0.3, -0.25) is 0 Å². The first kappa shape index (κ1) is 23.2. The summed E-state index contributed by atoms with van der Waals surface area (Å²) in [6.45, 7) is 0. The van der Waals surface area contributed by atoms with Crippen LogP contribution in [0.4, 0.5) is 0 Å². The normalized spacial score (nSPS) is 11.8. The zero-order valence-corrected chi connectivity index (χ0v) is 18.7. The van der Waals surface area contributed by atoms with E-state index in [9.17, 15) is 0 Å². The molecule has 0 bridgehead atoms. The van der Waals surface area contributed by atoms with Gasteiger partial charge in [-0.15, -0.1) is 0 Å². The Morgan fingerprint density at radius 1 is 0.571 bits per heavy atom. The van der Waals surface area contributed by atoms with Crippen LogP contribution in [0.5, 0.6) is 0 Å². The third-order valence-electron chi connectivity index (χ3n) is 3.15. The van der Waals surface area contributed by atoms with Crippen LogP contribution in [0.3, 0.4) is 0 Å². The number of rotatable bonds is 2. The predicted molar refractivity (Wildman–Crippen MR) is 120 cm³/mol. The molecule has 0 radical (unpaired) electrons. The Kier molecular flexibility index (Phi) is 8.81. The van der Waals surface area contributed by atoms with Crippen molar-refractivity contribution in [1.29, 1.82) is 0 Å². The van der Waals surface area contributed by atoms with E-state index in [4.69, 9.17) is 69.6 Å². The Balaban J connectivity index is 0.000000200. The highest BCUT2D eigenvalue weighted by Crippen LogP contribution is 2.39. The molecule has 9 heteroatoms. The van der Waals surface area contributed by atoms with Crippen LogP contribution in [-0.4, -0.2) is 15.0 Å². The third-order valence-corrected chi connectivity index (χ3v) is 4.16. The summed E-state index contributed by atoms with van der Waals surface area (Å²) in [6, 6.07) is 20.6. The average Bonchev–Trinajstić information content (AvgIpc) is 2.67. The van der Waals surface area contributed by atoms with E-state index in [2.05, 4.69) is 51.4 Å². The molecule has 0 amide bonds. The standard InChI is InChI=1S/C14H12.C5HCl6N3/c1-3-7-13(8-4-1)11-12-14-9-5-2-6-10-14;6-4(7,8)2-12-1-13-3(14-2)5(9,10)11/h1-12H;1H. The Hall–Kier alpha value is -1.07. The van der Waals surface area contributed by atoms with Crippen molar-refractivity contribution < 1.29 is 0 Å². The maximum atomic E-state index is 5.53. The van der Waals surface area contributed by atoms with Gasteiger partial charge in [-0.1, -0.05) is 142 Å². The minimum atomic E-state index is -1.77. The summed E-state index contributed by atoms with van der Waals surface area (Å²) in [5, 5.41) is 0. The Morgan fingerprint density at radius 3 is 1.25 bits per heavy atom. The summed E-state index contributed by atoms with van der Waals surface area (Å²) < 4.78 is -3.54. The fourth-order valence-corrected chi connectivity index (χ4v) is 2.44. The molecular weight excluding hydrogens is 483 g/mol. The molecule has 0 saturated carbocycles. The third kappa shape index (κ3) is 8.12. The summed E-state index contributed by atoms with van der Waals surface area (Å²) in [5.74, 6) is -0.197. The van der Waals surface area contributed by atoms with Gasteiger partial charge in [-0.25, -0.2) is 15.0 Å². The highest BCUT2D eigenvalue weighted by Gasteiger charge is 2.32. The van der Waals surface area contributed by atoms with Gasteiger partial charge in [-0.05, 0) is 11.1 Å². The Bertz CT molecular complexity index is 820. The van der Waals surface area contributed by atoms with E-state index in [1.165, 1.54) is 11.1 Å². The first-order valence-electron chi connectivity index (χ1n) is 7.78. The van der Waals surface area contributed by atoms with E-state index >= 15 is 0 Å². The largest absolute Gasteiger partial charge is 0.250 e. The van der Waals surface area contributed by atoms with Crippen LogP contribution in [0.25, 0.3) is 12.2 Å². The maximum absolute atomic E-state index is 5.53. The SMILES string of the molecule is C(=Cc1ccccc1)c1ccccc1.ClC(Cl)(Cl)c1ncnc(C(Cl)(Cl)Cl)n1. The number of halogens is 6. The summed E-state index contributed by atoms with van der Waals surface area (Å²) in [7, 11) is 0. The lowest BCUT2D eigenvalue weighted by Crippen LogP contribution is -2.14. The zero-order valence-electron chi connectivity index (χ0n) is 14.1. The van der Waals surface area contributed by atoms with Crippen molar-refractivity contribution in [1.82, 2.24) is 15.0 Å². The van der Waals surface area contributed by atoms with E-state index < -0.39 is 7.59 Å². The number of benzene rings is 2. The van der Waals surface area contributed by atoms with Gasteiger partial charge >= 0.3 is 0 Å². The molecule has 0 N–H and O–H groups in total. The maximum Gasteiger partial charge on any atom is 0.250 e. The van der Waals surface area contributed by atoms with Gasteiger partial charge in [0.15, 0.2) is 11.6 Å². The lowest BCUT2D eigenvalue weighted by Gasteiger charge is -2.12. The second kappa shape index (κ2) is 10.6. The van der Waals surface area contributed by atoms with Crippen LogP contribution < -0.4 is 0 Å². The summed E-state index contributed by atoms with van der Waals surface area (Å²) >= 11 is 33.2. The molecule has 0 unspecified atom stereocenters. The van der Waals surface area contributed by atoms with Crippen LogP contribution in [0.1, 0.15) is 22.8 Å². The van der Waals surface area contributed by atoms with Crippen LogP contribution in [0.15, 0.2) is 67.0 Å². The lowest BCUT2D eigenvalue weighted by atomic mass is 10.1. The van der Waals surface area contributed by atoms with Gasteiger partial charge in [0.25, 0.3) is 0 Å². The lowest BCUT2D eigenvalue weighted by molar-refractivity contribution is 0.844. The molecule has 0 aliphatic rings. The molecule has 3 aromatic rings. The molecule has 0 spiro atoms. The predicted octanol–water partition coefficient (Wildman–Crippen LogP) is 7.38. The fraction of sp³-hybridized carbons (Fsp3) is 0.105. The van der Waals surface area contributed by atoms with Crippen molar-refractivity contribution in [3.8, 4) is 0 Å². The summed E-state index contributed by atoms with van der Waals surface area (Å²) in [4.78, 5) is 11.0. The van der Waals surface area contributed by atoms with Crippen molar-refractivity contribution in [2.45, 2.75) is 7.59 Å². The monoisotopic (exact) mass is 493 g/mol.